The molecule has 202 valence electrons. The van der Waals surface area contributed by atoms with Crippen molar-refractivity contribution in [1.29, 1.82) is 0 Å². The van der Waals surface area contributed by atoms with Crippen molar-refractivity contribution >= 4 is 34.4 Å². The molecule has 0 aliphatic carbocycles. The number of benzene rings is 3. The van der Waals surface area contributed by atoms with Crippen LogP contribution >= 0.6 is 0 Å². The smallest absolute Gasteiger partial charge is 0.408 e. The summed E-state index contributed by atoms with van der Waals surface area (Å²) in [5, 5.41) is 7.79. The molecule has 3 amide bonds. The molecule has 0 aliphatic heterocycles. The number of fused-ring (bicyclic) bond motifs is 1. The molecular weight excluding hydrogens is 478 g/mol. The molecule has 0 spiro atoms. The second-order valence-electron chi connectivity index (χ2n) is 11.1. The second kappa shape index (κ2) is 11.7. The monoisotopic (exact) mass is 517 g/mol. The largest absolute Gasteiger partial charge is 0.444 e. The standard InChI is InChI=1S/C31H39N3O4/c1-19(2)26(33-30(37)38-31(5,6)7)29(36)34(8)27(25-17-20(3)13-14-21(25)4)28(35)32-24-16-15-22-11-9-10-12-23(22)18-24/h9-19,26-27H,1-8H3,(H,32,35)(H,33,37). The number of aryl methyl sites for hydroxylation is 2. The summed E-state index contributed by atoms with van der Waals surface area (Å²) < 4.78 is 5.39. The van der Waals surface area contributed by atoms with Gasteiger partial charge in [0.25, 0.3) is 5.91 Å². The van der Waals surface area contributed by atoms with E-state index in [1.807, 2.05) is 88.4 Å². The second-order valence-corrected chi connectivity index (χ2v) is 11.1. The Balaban J connectivity index is 1.96. The van der Waals surface area contributed by atoms with E-state index in [2.05, 4.69) is 10.6 Å². The average Bonchev–Trinajstić information content (AvgIpc) is 2.83. The minimum absolute atomic E-state index is 0.236. The molecule has 0 saturated carbocycles. The van der Waals surface area contributed by atoms with Crippen molar-refractivity contribution in [3.8, 4) is 0 Å². The molecule has 0 saturated heterocycles. The lowest BCUT2D eigenvalue weighted by Gasteiger charge is -2.33. The maximum absolute atomic E-state index is 13.8. The van der Waals surface area contributed by atoms with Gasteiger partial charge in [0.1, 0.15) is 17.7 Å². The van der Waals surface area contributed by atoms with Gasteiger partial charge in [-0.15, -0.1) is 0 Å². The molecule has 3 rings (SSSR count). The molecule has 7 heteroatoms. The van der Waals surface area contributed by atoms with Gasteiger partial charge in [-0.3, -0.25) is 9.59 Å². The predicted octanol–water partition coefficient (Wildman–Crippen LogP) is 6.14. The van der Waals surface area contributed by atoms with Crippen LogP contribution in [0.5, 0.6) is 0 Å². The molecule has 2 N–H and O–H groups in total. The van der Waals surface area contributed by atoms with Crippen LogP contribution in [0.15, 0.2) is 60.7 Å². The molecule has 2 atom stereocenters. The van der Waals surface area contributed by atoms with Crippen molar-refractivity contribution in [1.82, 2.24) is 10.2 Å². The highest BCUT2D eigenvalue weighted by atomic mass is 16.6. The Bertz CT molecular complexity index is 1330. The number of nitrogens with zero attached hydrogens (tertiary/aromatic N) is 1. The fraction of sp³-hybridized carbons (Fsp3) is 0.387. The summed E-state index contributed by atoms with van der Waals surface area (Å²) in [6.07, 6.45) is -0.679. The van der Waals surface area contributed by atoms with Crippen molar-refractivity contribution in [3.05, 3.63) is 77.4 Å². The van der Waals surface area contributed by atoms with Gasteiger partial charge in [-0.2, -0.15) is 0 Å². The van der Waals surface area contributed by atoms with E-state index in [0.29, 0.717) is 5.69 Å². The molecule has 38 heavy (non-hydrogen) atoms. The molecular formula is C31H39N3O4. The van der Waals surface area contributed by atoms with Gasteiger partial charge in [0, 0.05) is 12.7 Å². The first kappa shape index (κ1) is 28.7. The van der Waals surface area contributed by atoms with E-state index >= 15 is 0 Å². The highest BCUT2D eigenvalue weighted by molar-refractivity contribution is 6.00. The minimum atomic E-state index is -0.921. The number of rotatable bonds is 7. The summed E-state index contributed by atoms with van der Waals surface area (Å²) >= 11 is 0. The number of nitrogens with one attached hydrogen (secondary N) is 2. The third-order valence-electron chi connectivity index (χ3n) is 6.33. The van der Waals surface area contributed by atoms with Gasteiger partial charge in [-0.25, -0.2) is 4.79 Å². The Morgan fingerprint density at radius 1 is 0.895 bits per heavy atom. The van der Waals surface area contributed by atoms with Gasteiger partial charge in [0.15, 0.2) is 0 Å². The molecule has 0 aromatic heterocycles. The molecule has 0 aliphatic rings. The molecule has 0 radical (unpaired) electrons. The number of amides is 3. The number of hydrogen-bond acceptors (Lipinski definition) is 4. The fourth-order valence-corrected chi connectivity index (χ4v) is 4.35. The summed E-state index contributed by atoms with van der Waals surface area (Å²) in [5.41, 5.74) is 2.51. The van der Waals surface area contributed by atoms with Gasteiger partial charge < -0.3 is 20.3 Å². The number of hydrogen-bond donors (Lipinski definition) is 2. The van der Waals surface area contributed by atoms with Gasteiger partial charge in [0.2, 0.25) is 5.91 Å². The highest BCUT2D eigenvalue weighted by Gasteiger charge is 2.36. The topological polar surface area (TPSA) is 87.7 Å². The minimum Gasteiger partial charge on any atom is -0.444 e. The van der Waals surface area contributed by atoms with Crippen molar-refractivity contribution in [2.24, 2.45) is 5.92 Å². The number of likely N-dealkylation sites (N-methyl/N-ethyl adjacent to an activating group) is 1. The quantitative estimate of drug-likeness (QED) is 0.394. The molecule has 0 fully saturated rings. The molecule has 0 bridgehead atoms. The zero-order valence-electron chi connectivity index (χ0n) is 23.6. The fourth-order valence-electron chi connectivity index (χ4n) is 4.35. The summed E-state index contributed by atoms with van der Waals surface area (Å²) in [6, 6.07) is 17.7. The van der Waals surface area contributed by atoms with Crippen molar-refractivity contribution in [2.75, 3.05) is 12.4 Å². The lowest BCUT2D eigenvalue weighted by atomic mass is 9.95. The Morgan fingerprint density at radius 3 is 2.18 bits per heavy atom. The van der Waals surface area contributed by atoms with Gasteiger partial charge in [-0.05, 0) is 74.6 Å². The van der Waals surface area contributed by atoms with Crippen LogP contribution in [0.1, 0.15) is 57.4 Å². The van der Waals surface area contributed by atoms with Gasteiger partial charge in [-0.1, -0.05) is 67.9 Å². The van der Waals surface area contributed by atoms with Crippen LogP contribution in [0.4, 0.5) is 10.5 Å². The Labute approximate surface area is 225 Å². The number of alkyl carbamates (subject to hydrolysis) is 1. The van der Waals surface area contributed by atoms with Crippen LogP contribution in [-0.2, 0) is 14.3 Å². The predicted molar refractivity (Wildman–Crippen MR) is 152 cm³/mol. The summed E-state index contributed by atoms with van der Waals surface area (Å²) in [4.78, 5) is 41.6. The first-order valence-corrected chi connectivity index (χ1v) is 12.9. The lowest BCUT2D eigenvalue weighted by Crippen LogP contribution is -2.53. The van der Waals surface area contributed by atoms with Crippen LogP contribution in [0.3, 0.4) is 0 Å². The molecule has 3 aromatic rings. The van der Waals surface area contributed by atoms with E-state index in [0.717, 1.165) is 27.5 Å². The average molecular weight is 518 g/mol. The van der Waals surface area contributed by atoms with Crippen LogP contribution in [-0.4, -0.2) is 41.5 Å². The number of carbonyl (C=O) groups is 3. The maximum Gasteiger partial charge on any atom is 0.408 e. The number of anilines is 1. The van der Waals surface area contributed by atoms with Crippen LogP contribution in [0.2, 0.25) is 0 Å². The zero-order chi connectivity index (χ0) is 28.2. The first-order chi connectivity index (χ1) is 17.8. The van der Waals surface area contributed by atoms with E-state index < -0.39 is 23.8 Å². The van der Waals surface area contributed by atoms with Crippen LogP contribution in [0, 0.1) is 19.8 Å². The maximum atomic E-state index is 13.8. The van der Waals surface area contributed by atoms with Gasteiger partial charge in [0.05, 0.1) is 0 Å². The van der Waals surface area contributed by atoms with Crippen molar-refractivity contribution in [3.63, 3.8) is 0 Å². The summed E-state index contributed by atoms with van der Waals surface area (Å²) in [6.45, 7) is 12.8. The first-order valence-electron chi connectivity index (χ1n) is 12.9. The summed E-state index contributed by atoms with van der Waals surface area (Å²) in [5.74, 6) is -0.963. The van der Waals surface area contributed by atoms with E-state index in [4.69, 9.17) is 4.74 Å². The molecule has 7 nitrogen and oxygen atoms in total. The van der Waals surface area contributed by atoms with Gasteiger partial charge >= 0.3 is 6.09 Å². The van der Waals surface area contributed by atoms with E-state index in [9.17, 15) is 14.4 Å². The Hall–Kier alpha value is -3.87. The normalized spacial score (nSPS) is 13.1. The van der Waals surface area contributed by atoms with E-state index in [-0.39, 0.29) is 17.7 Å². The third kappa shape index (κ3) is 7.12. The molecule has 3 aromatic carbocycles. The van der Waals surface area contributed by atoms with E-state index in [1.54, 1.807) is 27.8 Å². The lowest BCUT2D eigenvalue weighted by molar-refractivity contribution is -0.140. The SMILES string of the molecule is Cc1ccc(C)c(C(C(=O)Nc2ccc3ccccc3c2)N(C)C(=O)C(NC(=O)OC(C)(C)C)C(C)C)c1. The van der Waals surface area contributed by atoms with E-state index in [1.165, 1.54) is 4.90 Å². The van der Waals surface area contributed by atoms with Crippen LogP contribution < -0.4 is 10.6 Å². The number of carbonyl (C=O) groups excluding carboxylic acids is 3. The zero-order valence-corrected chi connectivity index (χ0v) is 23.6. The van der Waals surface area contributed by atoms with Crippen molar-refractivity contribution in [2.45, 2.75) is 66.2 Å². The van der Waals surface area contributed by atoms with Crippen molar-refractivity contribution < 1.29 is 19.1 Å². The summed E-state index contributed by atoms with van der Waals surface area (Å²) in [7, 11) is 1.60. The Kier molecular flexibility index (Phi) is 8.82. The molecule has 0 heterocycles. The van der Waals surface area contributed by atoms with Crippen LogP contribution in [0.25, 0.3) is 10.8 Å². The number of ether oxygens (including phenoxy) is 1. The molecule has 2 unspecified atom stereocenters. The Morgan fingerprint density at radius 2 is 1.55 bits per heavy atom. The third-order valence-corrected chi connectivity index (χ3v) is 6.33. The highest BCUT2D eigenvalue weighted by Crippen LogP contribution is 2.28.